The normalized spacial score (nSPS) is 17.8. The number of hydrogen-bond acceptors (Lipinski definition) is 3. The van der Waals surface area contributed by atoms with Gasteiger partial charge in [0.1, 0.15) is 6.04 Å². The van der Waals surface area contributed by atoms with Gasteiger partial charge in [0.2, 0.25) is 0 Å². The maximum Gasteiger partial charge on any atom is 0.320 e. The van der Waals surface area contributed by atoms with Crippen molar-refractivity contribution in [3.05, 3.63) is 29.8 Å². The van der Waals surface area contributed by atoms with Crippen LogP contribution in [0.5, 0.6) is 0 Å². The molecule has 4 heteroatoms. The number of hydrogen-bond donors (Lipinski definition) is 2. The van der Waals surface area contributed by atoms with Crippen molar-refractivity contribution < 1.29 is 9.90 Å². The molecule has 98 valence electrons. The Bertz CT molecular complexity index is 399. The van der Waals surface area contributed by atoms with E-state index in [2.05, 4.69) is 12.1 Å². The summed E-state index contributed by atoms with van der Waals surface area (Å²) in [5, 5.41) is 9.52. The summed E-state index contributed by atoms with van der Waals surface area (Å²) < 4.78 is 0. The molecular weight excluding hydrogens is 246 g/mol. The van der Waals surface area contributed by atoms with Crippen LogP contribution in [0.3, 0.4) is 0 Å². The number of thioether (sulfide) groups is 1. The Labute approximate surface area is 112 Å². The van der Waals surface area contributed by atoms with Gasteiger partial charge in [0.15, 0.2) is 0 Å². The lowest BCUT2D eigenvalue weighted by Gasteiger charge is -2.10. The molecule has 0 radical (unpaired) electrons. The highest BCUT2D eigenvalue weighted by Gasteiger charge is 2.16. The first-order valence-corrected chi connectivity index (χ1v) is 7.27. The number of nitrogens with two attached hydrogens (primary N) is 1. The summed E-state index contributed by atoms with van der Waals surface area (Å²) in [6, 6.07) is 7.32. The molecule has 2 rings (SSSR count). The van der Waals surface area contributed by atoms with E-state index in [0.717, 1.165) is 10.8 Å². The average molecular weight is 265 g/mol. The Balaban J connectivity index is 1.90. The highest BCUT2D eigenvalue weighted by molar-refractivity contribution is 8.00. The zero-order chi connectivity index (χ0) is 13.0. The fourth-order valence-electron chi connectivity index (χ4n) is 2.24. The lowest BCUT2D eigenvalue weighted by atomic mass is 10.1. The van der Waals surface area contributed by atoms with Crippen molar-refractivity contribution in [1.82, 2.24) is 0 Å². The number of carbonyl (C=O) groups is 1. The third-order valence-electron chi connectivity index (χ3n) is 3.30. The molecule has 1 aromatic rings. The van der Waals surface area contributed by atoms with Gasteiger partial charge in [-0.1, -0.05) is 25.0 Å². The molecule has 0 saturated heterocycles. The van der Waals surface area contributed by atoms with Crippen LogP contribution in [-0.4, -0.2) is 22.4 Å². The van der Waals surface area contributed by atoms with Gasteiger partial charge in [-0.3, -0.25) is 4.79 Å². The Hall–Kier alpha value is -1.00. The monoisotopic (exact) mass is 265 g/mol. The number of carboxylic acids is 1. The van der Waals surface area contributed by atoms with Crippen molar-refractivity contribution in [3.63, 3.8) is 0 Å². The minimum atomic E-state index is -0.945. The molecule has 0 bridgehead atoms. The zero-order valence-corrected chi connectivity index (χ0v) is 11.2. The molecule has 1 fully saturated rings. The molecule has 0 aromatic heterocycles. The second-order valence-electron chi connectivity index (χ2n) is 4.82. The number of benzene rings is 1. The second kappa shape index (κ2) is 6.25. The number of aliphatic carboxylic acids is 1. The maximum absolute atomic E-state index is 10.7. The van der Waals surface area contributed by atoms with Crippen LogP contribution >= 0.6 is 11.8 Å². The standard InChI is InChI=1S/C14H19NO2S/c15-13(14(16)17)9-10-5-7-12(8-6-10)18-11-3-1-2-4-11/h5-8,11,13H,1-4,9,15H2,(H,16,17). The molecule has 3 N–H and O–H groups in total. The summed E-state index contributed by atoms with van der Waals surface area (Å²) in [6.07, 6.45) is 5.72. The van der Waals surface area contributed by atoms with Gasteiger partial charge in [0.05, 0.1) is 0 Å². The smallest absolute Gasteiger partial charge is 0.320 e. The summed E-state index contributed by atoms with van der Waals surface area (Å²) in [6.45, 7) is 0. The molecule has 1 atom stereocenters. The first-order chi connectivity index (χ1) is 8.65. The van der Waals surface area contributed by atoms with E-state index in [4.69, 9.17) is 10.8 Å². The Morgan fingerprint density at radius 3 is 2.50 bits per heavy atom. The SMILES string of the molecule is NC(Cc1ccc(SC2CCCC2)cc1)C(=O)O. The van der Waals surface area contributed by atoms with Gasteiger partial charge in [0, 0.05) is 10.1 Å². The molecular formula is C14H19NO2S. The summed E-state index contributed by atoms with van der Waals surface area (Å²) in [5.74, 6) is -0.945. The molecule has 3 nitrogen and oxygen atoms in total. The Kier molecular flexibility index (Phi) is 4.66. The van der Waals surface area contributed by atoms with Gasteiger partial charge in [0.25, 0.3) is 0 Å². The molecule has 1 saturated carbocycles. The average Bonchev–Trinajstić information content (AvgIpc) is 2.84. The fraction of sp³-hybridized carbons (Fsp3) is 0.500. The summed E-state index contributed by atoms with van der Waals surface area (Å²) in [5.41, 5.74) is 6.50. The van der Waals surface area contributed by atoms with E-state index in [1.54, 1.807) is 0 Å². The number of rotatable bonds is 5. The Morgan fingerprint density at radius 1 is 1.33 bits per heavy atom. The Morgan fingerprint density at radius 2 is 1.94 bits per heavy atom. The van der Waals surface area contributed by atoms with Crippen LogP contribution in [0.1, 0.15) is 31.2 Å². The third-order valence-corrected chi connectivity index (χ3v) is 4.65. The first kappa shape index (κ1) is 13.4. The van der Waals surface area contributed by atoms with Gasteiger partial charge in [-0.25, -0.2) is 0 Å². The van der Waals surface area contributed by atoms with Crippen molar-refractivity contribution >= 4 is 17.7 Å². The van der Waals surface area contributed by atoms with E-state index >= 15 is 0 Å². The molecule has 0 spiro atoms. The lowest BCUT2D eigenvalue weighted by Crippen LogP contribution is -2.32. The van der Waals surface area contributed by atoms with Crippen molar-refractivity contribution in [2.45, 2.75) is 48.3 Å². The van der Waals surface area contributed by atoms with Crippen molar-refractivity contribution in [2.24, 2.45) is 5.73 Å². The minimum Gasteiger partial charge on any atom is -0.480 e. The minimum absolute atomic E-state index is 0.393. The topological polar surface area (TPSA) is 63.3 Å². The van der Waals surface area contributed by atoms with Crippen LogP contribution in [0.2, 0.25) is 0 Å². The van der Waals surface area contributed by atoms with Crippen molar-refractivity contribution in [1.29, 1.82) is 0 Å². The van der Waals surface area contributed by atoms with E-state index in [0.29, 0.717) is 6.42 Å². The van der Waals surface area contributed by atoms with Gasteiger partial charge in [-0.2, -0.15) is 0 Å². The van der Waals surface area contributed by atoms with Crippen LogP contribution in [0.25, 0.3) is 0 Å². The highest BCUT2D eigenvalue weighted by Crippen LogP contribution is 2.34. The van der Waals surface area contributed by atoms with E-state index < -0.39 is 12.0 Å². The molecule has 0 aliphatic heterocycles. The molecule has 1 unspecified atom stereocenters. The van der Waals surface area contributed by atoms with Gasteiger partial charge < -0.3 is 10.8 Å². The second-order valence-corrected chi connectivity index (χ2v) is 6.19. The largest absolute Gasteiger partial charge is 0.480 e. The van der Waals surface area contributed by atoms with Gasteiger partial charge >= 0.3 is 5.97 Å². The van der Waals surface area contributed by atoms with E-state index in [1.807, 2.05) is 23.9 Å². The van der Waals surface area contributed by atoms with Crippen molar-refractivity contribution in [3.8, 4) is 0 Å². The first-order valence-electron chi connectivity index (χ1n) is 6.39. The molecule has 0 amide bonds. The van der Waals surface area contributed by atoms with Gasteiger partial charge in [-0.05, 0) is 37.0 Å². The van der Waals surface area contributed by atoms with Crippen LogP contribution in [0.4, 0.5) is 0 Å². The maximum atomic E-state index is 10.7. The van der Waals surface area contributed by atoms with Crippen LogP contribution < -0.4 is 5.73 Å². The van der Waals surface area contributed by atoms with Crippen LogP contribution in [0, 0.1) is 0 Å². The molecule has 1 aliphatic rings. The zero-order valence-electron chi connectivity index (χ0n) is 10.3. The van der Waals surface area contributed by atoms with Crippen LogP contribution in [0.15, 0.2) is 29.2 Å². The van der Waals surface area contributed by atoms with E-state index in [1.165, 1.54) is 30.6 Å². The van der Waals surface area contributed by atoms with Crippen LogP contribution in [-0.2, 0) is 11.2 Å². The predicted molar refractivity (Wildman–Crippen MR) is 73.9 cm³/mol. The molecule has 1 aliphatic carbocycles. The summed E-state index contributed by atoms with van der Waals surface area (Å²) in [7, 11) is 0. The summed E-state index contributed by atoms with van der Waals surface area (Å²) >= 11 is 1.94. The third kappa shape index (κ3) is 3.75. The van der Waals surface area contributed by atoms with Gasteiger partial charge in [-0.15, -0.1) is 11.8 Å². The molecule has 0 heterocycles. The van der Waals surface area contributed by atoms with Crippen molar-refractivity contribution in [2.75, 3.05) is 0 Å². The molecule has 18 heavy (non-hydrogen) atoms. The van der Waals surface area contributed by atoms with E-state index in [-0.39, 0.29) is 0 Å². The quantitative estimate of drug-likeness (QED) is 0.859. The predicted octanol–water partition coefficient (Wildman–Crippen LogP) is 2.68. The molecule has 1 aromatic carbocycles. The summed E-state index contributed by atoms with van der Waals surface area (Å²) in [4.78, 5) is 11.9. The van der Waals surface area contributed by atoms with E-state index in [9.17, 15) is 4.79 Å². The number of carboxylic acid groups (broad SMARTS) is 1. The fourth-order valence-corrected chi connectivity index (χ4v) is 3.49. The highest BCUT2D eigenvalue weighted by atomic mass is 32.2. The lowest BCUT2D eigenvalue weighted by molar-refractivity contribution is -0.138.